The van der Waals surface area contributed by atoms with Gasteiger partial charge >= 0.3 is 0 Å². The van der Waals surface area contributed by atoms with Gasteiger partial charge in [0.05, 0.1) is 22.4 Å². The van der Waals surface area contributed by atoms with Crippen molar-refractivity contribution in [3.63, 3.8) is 0 Å². The van der Waals surface area contributed by atoms with Crippen molar-refractivity contribution in [2.75, 3.05) is 18.1 Å². The molecule has 2 rings (SSSR count). The maximum Gasteiger partial charge on any atom is 0.223 e. The number of halogens is 1. The summed E-state index contributed by atoms with van der Waals surface area (Å²) in [7, 11) is -3.03. The first-order chi connectivity index (χ1) is 9.91. The van der Waals surface area contributed by atoms with Gasteiger partial charge in [-0.25, -0.2) is 8.42 Å². The fourth-order valence-electron chi connectivity index (χ4n) is 2.40. The van der Waals surface area contributed by atoms with Crippen LogP contribution < -0.4 is 0 Å². The Morgan fingerprint density at radius 1 is 1.52 bits per heavy atom. The van der Waals surface area contributed by atoms with Crippen LogP contribution in [0, 0.1) is 12.3 Å². The number of aryl methyl sites for hydroxylation is 1. The molecule has 4 nitrogen and oxygen atoms in total. The lowest BCUT2D eigenvalue weighted by Crippen LogP contribution is -2.41. The van der Waals surface area contributed by atoms with Gasteiger partial charge in [0.15, 0.2) is 9.84 Å². The molecular weight excluding hydrogens is 330 g/mol. The molecule has 0 saturated carbocycles. The van der Waals surface area contributed by atoms with Gasteiger partial charge in [0.2, 0.25) is 5.91 Å². The van der Waals surface area contributed by atoms with Crippen molar-refractivity contribution in [1.29, 1.82) is 0 Å². The molecule has 1 aliphatic heterocycles. The SMILES string of the molecule is C#CCN(C(=O)CCc1ccc(Cl)s1)[C@@H]1CCS(=O)(=O)C1. The molecule has 0 aromatic carbocycles. The summed E-state index contributed by atoms with van der Waals surface area (Å²) in [6.07, 6.45) is 6.69. The van der Waals surface area contributed by atoms with Crippen LogP contribution in [0.15, 0.2) is 12.1 Å². The quantitative estimate of drug-likeness (QED) is 0.767. The van der Waals surface area contributed by atoms with Crippen LogP contribution >= 0.6 is 22.9 Å². The first kappa shape index (κ1) is 16.3. The van der Waals surface area contributed by atoms with E-state index in [-0.39, 0.29) is 30.0 Å². The highest BCUT2D eigenvalue weighted by Crippen LogP contribution is 2.23. The lowest BCUT2D eigenvalue weighted by atomic mass is 10.1. The second kappa shape index (κ2) is 6.82. The van der Waals surface area contributed by atoms with Gasteiger partial charge in [0.1, 0.15) is 0 Å². The fourth-order valence-corrected chi connectivity index (χ4v) is 5.22. The maximum absolute atomic E-state index is 12.3. The number of rotatable bonds is 5. The number of thiophene rings is 1. The Labute approximate surface area is 134 Å². The van der Waals surface area contributed by atoms with E-state index in [2.05, 4.69) is 5.92 Å². The number of hydrogen-bond acceptors (Lipinski definition) is 4. The smallest absolute Gasteiger partial charge is 0.223 e. The average Bonchev–Trinajstić information content (AvgIpc) is 2.99. The van der Waals surface area contributed by atoms with Crippen LogP contribution in [0.1, 0.15) is 17.7 Å². The van der Waals surface area contributed by atoms with Gasteiger partial charge in [0, 0.05) is 17.3 Å². The van der Waals surface area contributed by atoms with Crippen molar-refractivity contribution >= 4 is 38.7 Å². The summed E-state index contributed by atoms with van der Waals surface area (Å²) in [5.41, 5.74) is 0. The van der Waals surface area contributed by atoms with Crippen LogP contribution in [0.3, 0.4) is 0 Å². The number of hydrogen-bond donors (Lipinski definition) is 0. The van der Waals surface area contributed by atoms with Crippen molar-refractivity contribution < 1.29 is 13.2 Å². The molecule has 1 amide bonds. The summed E-state index contributed by atoms with van der Waals surface area (Å²) < 4.78 is 23.8. The molecule has 1 aliphatic rings. The van der Waals surface area contributed by atoms with Gasteiger partial charge in [-0.3, -0.25) is 4.79 Å². The third kappa shape index (κ3) is 4.47. The molecule has 7 heteroatoms. The summed E-state index contributed by atoms with van der Waals surface area (Å²) in [6.45, 7) is 0.157. The van der Waals surface area contributed by atoms with Crippen molar-refractivity contribution in [1.82, 2.24) is 4.90 Å². The third-order valence-corrected chi connectivity index (χ3v) is 6.49. The first-order valence-electron chi connectivity index (χ1n) is 6.59. The first-order valence-corrected chi connectivity index (χ1v) is 9.60. The van der Waals surface area contributed by atoms with Crippen LogP contribution in [0.25, 0.3) is 0 Å². The predicted molar refractivity (Wildman–Crippen MR) is 85.3 cm³/mol. The van der Waals surface area contributed by atoms with Crippen molar-refractivity contribution in [3.05, 3.63) is 21.3 Å². The Kier molecular flexibility index (Phi) is 5.31. The summed E-state index contributed by atoms with van der Waals surface area (Å²) in [4.78, 5) is 14.9. The summed E-state index contributed by atoms with van der Waals surface area (Å²) in [6, 6.07) is 3.41. The van der Waals surface area contributed by atoms with E-state index in [1.165, 1.54) is 16.2 Å². The van der Waals surface area contributed by atoms with E-state index in [0.717, 1.165) is 4.88 Å². The predicted octanol–water partition coefficient (Wildman–Crippen LogP) is 1.98. The number of sulfone groups is 1. The standard InChI is InChI=1S/C14H16ClNO3S2/c1-2-8-16(11-7-9-21(18,19)10-11)14(17)6-4-12-3-5-13(15)20-12/h1,3,5,11H,4,6-10H2/t11-/m1/s1. The summed E-state index contributed by atoms with van der Waals surface area (Å²) in [5.74, 6) is 2.50. The normalized spacial score (nSPS) is 20.1. The summed E-state index contributed by atoms with van der Waals surface area (Å²) >= 11 is 7.30. The molecule has 1 atom stereocenters. The zero-order valence-corrected chi connectivity index (χ0v) is 13.8. The lowest BCUT2D eigenvalue weighted by molar-refractivity contribution is -0.132. The van der Waals surface area contributed by atoms with Crippen LogP contribution in [-0.4, -0.2) is 43.3 Å². The molecule has 2 heterocycles. The highest BCUT2D eigenvalue weighted by molar-refractivity contribution is 7.91. The number of carbonyl (C=O) groups excluding carboxylic acids is 1. The molecule has 0 N–H and O–H groups in total. The molecule has 114 valence electrons. The largest absolute Gasteiger partial charge is 0.328 e. The number of carbonyl (C=O) groups is 1. The fraction of sp³-hybridized carbons (Fsp3) is 0.500. The molecule has 0 spiro atoms. The number of amides is 1. The zero-order chi connectivity index (χ0) is 15.5. The highest BCUT2D eigenvalue weighted by atomic mass is 35.5. The Morgan fingerprint density at radius 3 is 2.81 bits per heavy atom. The van der Waals surface area contributed by atoms with Crippen molar-refractivity contribution in [3.8, 4) is 12.3 Å². The molecule has 0 aliphatic carbocycles. The van der Waals surface area contributed by atoms with Gasteiger partial charge in [0.25, 0.3) is 0 Å². The van der Waals surface area contributed by atoms with Gasteiger partial charge in [-0.1, -0.05) is 17.5 Å². The van der Waals surface area contributed by atoms with E-state index in [1.807, 2.05) is 6.07 Å². The van der Waals surface area contributed by atoms with Crippen LogP contribution in [0.2, 0.25) is 4.34 Å². The second-order valence-corrected chi connectivity index (χ2v) is 9.02. The topological polar surface area (TPSA) is 54.5 Å². The van der Waals surface area contributed by atoms with Gasteiger partial charge in [-0.05, 0) is 25.0 Å². The maximum atomic E-state index is 12.3. The van der Waals surface area contributed by atoms with E-state index in [9.17, 15) is 13.2 Å². The molecule has 1 aromatic heterocycles. The zero-order valence-electron chi connectivity index (χ0n) is 11.4. The Hall–Kier alpha value is -1.03. The van der Waals surface area contributed by atoms with E-state index in [0.29, 0.717) is 23.6 Å². The minimum atomic E-state index is -3.03. The molecular formula is C14H16ClNO3S2. The molecule has 0 unspecified atom stereocenters. The molecule has 21 heavy (non-hydrogen) atoms. The monoisotopic (exact) mass is 345 g/mol. The van der Waals surface area contributed by atoms with E-state index in [4.69, 9.17) is 18.0 Å². The molecule has 1 saturated heterocycles. The number of terminal acetylenes is 1. The summed E-state index contributed by atoms with van der Waals surface area (Å²) in [5, 5.41) is 0. The van der Waals surface area contributed by atoms with E-state index >= 15 is 0 Å². The van der Waals surface area contributed by atoms with Crippen molar-refractivity contribution in [2.45, 2.75) is 25.3 Å². The van der Waals surface area contributed by atoms with Gasteiger partial charge in [-0.2, -0.15) is 0 Å². The second-order valence-electron chi connectivity index (χ2n) is 4.99. The highest BCUT2D eigenvalue weighted by Gasteiger charge is 2.34. The van der Waals surface area contributed by atoms with Gasteiger partial charge in [-0.15, -0.1) is 17.8 Å². The molecule has 1 aromatic rings. The van der Waals surface area contributed by atoms with Crippen LogP contribution in [-0.2, 0) is 21.1 Å². The van der Waals surface area contributed by atoms with E-state index < -0.39 is 9.84 Å². The van der Waals surface area contributed by atoms with Crippen LogP contribution in [0.4, 0.5) is 0 Å². The van der Waals surface area contributed by atoms with Crippen molar-refractivity contribution in [2.24, 2.45) is 0 Å². The molecule has 1 fully saturated rings. The third-order valence-electron chi connectivity index (χ3n) is 3.45. The molecule has 0 bridgehead atoms. The Balaban J connectivity index is 1.98. The van der Waals surface area contributed by atoms with Gasteiger partial charge < -0.3 is 4.90 Å². The minimum Gasteiger partial charge on any atom is -0.328 e. The Morgan fingerprint density at radius 2 is 2.29 bits per heavy atom. The average molecular weight is 346 g/mol. The Bertz CT molecular complexity index is 660. The van der Waals surface area contributed by atoms with Crippen LogP contribution in [0.5, 0.6) is 0 Å². The lowest BCUT2D eigenvalue weighted by Gasteiger charge is -2.26. The minimum absolute atomic E-state index is 0.0191. The van der Waals surface area contributed by atoms with E-state index in [1.54, 1.807) is 6.07 Å². The number of nitrogens with zero attached hydrogens (tertiary/aromatic N) is 1. The molecule has 0 radical (unpaired) electrons.